The molecule has 1 N–H and O–H groups in total. The molecule has 112 valence electrons. The number of hydrogen-bond acceptors (Lipinski definition) is 5. The van der Waals surface area contributed by atoms with E-state index in [0.29, 0.717) is 30.5 Å². The molecule has 0 atom stereocenters. The van der Waals surface area contributed by atoms with Crippen molar-refractivity contribution in [1.82, 2.24) is 20.0 Å². The van der Waals surface area contributed by atoms with Crippen LogP contribution in [0.25, 0.3) is 0 Å². The summed E-state index contributed by atoms with van der Waals surface area (Å²) in [4.78, 5) is 15.4. The molecule has 0 radical (unpaired) electrons. The Bertz CT molecular complexity index is 637. The Labute approximate surface area is 122 Å². The molecular weight excluding hydrogens is 272 g/mol. The molecule has 0 bridgehead atoms. The normalized spacial score (nSPS) is 10.9. The van der Waals surface area contributed by atoms with Gasteiger partial charge in [-0.3, -0.25) is 0 Å². The van der Waals surface area contributed by atoms with Crippen LogP contribution in [-0.2, 0) is 13.0 Å². The summed E-state index contributed by atoms with van der Waals surface area (Å²) in [5, 5.41) is 16.9. The van der Waals surface area contributed by atoms with Gasteiger partial charge in [-0.15, -0.1) is 5.10 Å². The average molecular weight is 290 g/mol. The smallest absolute Gasteiger partial charge is 0.358 e. The van der Waals surface area contributed by atoms with Crippen molar-refractivity contribution < 1.29 is 14.6 Å². The number of ether oxygens (including phenoxy) is 1. The summed E-state index contributed by atoms with van der Waals surface area (Å²) in [6.45, 7) is 4.42. The molecule has 0 fully saturated rings. The zero-order valence-corrected chi connectivity index (χ0v) is 12.3. The first-order valence-corrected chi connectivity index (χ1v) is 6.66. The molecule has 0 aromatic carbocycles. The number of aromatic carboxylic acids is 1. The molecule has 7 nitrogen and oxygen atoms in total. The van der Waals surface area contributed by atoms with E-state index in [1.54, 1.807) is 24.1 Å². The number of carboxylic acids is 1. The number of hydrogen-bond donors (Lipinski definition) is 1. The highest BCUT2D eigenvalue weighted by Gasteiger charge is 2.20. The molecular formula is C14H18N4O3. The lowest BCUT2D eigenvalue weighted by Crippen LogP contribution is -2.12. The SMILES string of the molecule is COc1ncccc1Cn1nnc(C(=O)O)c1CC(C)C. The average Bonchev–Trinajstić information content (AvgIpc) is 2.82. The third kappa shape index (κ3) is 3.36. The fraction of sp³-hybridized carbons (Fsp3) is 0.429. The van der Waals surface area contributed by atoms with Crippen molar-refractivity contribution in [3.8, 4) is 5.88 Å². The van der Waals surface area contributed by atoms with E-state index in [4.69, 9.17) is 4.74 Å². The lowest BCUT2D eigenvalue weighted by molar-refractivity contribution is 0.0689. The van der Waals surface area contributed by atoms with E-state index >= 15 is 0 Å². The minimum Gasteiger partial charge on any atom is -0.481 e. The van der Waals surface area contributed by atoms with Gasteiger partial charge in [-0.2, -0.15) is 0 Å². The van der Waals surface area contributed by atoms with Crippen LogP contribution in [0.2, 0.25) is 0 Å². The Morgan fingerprint density at radius 2 is 2.24 bits per heavy atom. The molecule has 0 spiro atoms. The van der Waals surface area contributed by atoms with Gasteiger partial charge in [0.05, 0.1) is 19.3 Å². The van der Waals surface area contributed by atoms with Crippen LogP contribution in [0.4, 0.5) is 0 Å². The van der Waals surface area contributed by atoms with Gasteiger partial charge in [-0.05, 0) is 18.4 Å². The van der Waals surface area contributed by atoms with E-state index in [0.717, 1.165) is 5.56 Å². The molecule has 2 aromatic heterocycles. The highest BCUT2D eigenvalue weighted by Crippen LogP contribution is 2.18. The lowest BCUT2D eigenvalue weighted by Gasteiger charge is -2.11. The third-order valence-corrected chi connectivity index (χ3v) is 3.01. The van der Waals surface area contributed by atoms with Crippen molar-refractivity contribution in [2.24, 2.45) is 5.92 Å². The maximum atomic E-state index is 11.2. The molecule has 2 heterocycles. The molecule has 0 saturated carbocycles. The maximum Gasteiger partial charge on any atom is 0.358 e. The van der Waals surface area contributed by atoms with Gasteiger partial charge in [-0.25, -0.2) is 14.5 Å². The fourth-order valence-corrected chi connectivity index (χ4v) is 2.10. The fourth-order valence-electron chi connectivity index (χ4n) is 2.10. The van der Waals surface area contributed by atoms with Crippen molar-refractivity contribution in [3.63, 3.8) is 0 Å². The lowest BCUT2D eigenvalue weighted by atomic mass is 10.1. The highest BCUT2D eigenvalue weighted by atomic mass is 16.5. The summed E-state index contributed by atoms with van der Waals surface area (Å²) in [5.41, 5.74) is 1.45. The van der Waals surface area contributed by atoms with Crippen molar-refractivity contribution in [3.05, 3.63) is 35.3 Å². The first-order valence-electron chi connectivity index (χ1n) is 6.66. The monoisotopic (exact) mass is 290 g/mol. The molecule has 21 heavy (non-hydrogen) atoms. The predicted octanol–water partition coefficient (Wildman–Crippen LogP) is 1.63. The second-order valence-corrected chi connectivity index (χ2v) is 5.12. The van der Waals surface area contributed by atoms with Gasteiger partial charge in [0.1, 0.15) is 0 Å². The molecule has 0 aliphatic rings. The summed E-state index contributed by atoms with van der Waals surface area (Å²) < 4.78 is 6.80. The largest absolute Gasteiger partial charge is 0.481 e. The van der Waals surface area contributed by atoms with Crippen LogP contribution in [-0.4, -0.2) is 38.2 Å². The van der Waals surface area contributed by atoms with Crippen LogP contribution >= 0.6 is 0 Å². The Morgan fingerprint density at radius 3 is 2.86 bits per heavy atom. The zero-order valence-electron chi connectivity index (χ0n) is 12.3. The van der Waals surface area contributed by atoms with Crippen molar-refractivity contribution in [2.45, 2.75) is 26.8 Å². The summed E-state index contributed by atoms with van der Waals surface area (Å²) in [6.07, 6.45) is 2.23. The van der Waals surface area contributed by atoms with E-state index in [2.05, 4.69) is 15.3 Å². The summed E-state index contributed by atoms with van der Waals surface area (Å²) in [7, 11) is 1.55. The number of pyridine rings is 1. The molecule has 0 amide bonds. The molecule has 7 heteroatoms. The standard InChI is InChI=1S/C14H18N4O3/c1-9(2)7-11-12(14(19)20)16-17-18(11)8-10-5-4-6-15-13(10)21-3/h4-6,9H,7-8H2,1-3H3,(H,19,20). The van der Waals surface area contributed by atoms with Gasteiger partial charge < -0.3 is 9.84 Å². The van der Waals surface area contributed by atoms with Crippen molar-refractivity contribution >= 4 is 5.97 Å². The van der Waals surface area contributed by atoms with E-state index in [1.807, 2.05) is 19.9 Å². The highest BCUT2D eigenvalue weighted by molar-refractivity contribution is 5.86. The van der Waals surface area contributed by atoms with E-state index in [9.17, 15) is 9.90 Å². The summed E-state index contributed by atoms with van der Waals surface area (Å²) >= 11 is 0. The van der Waals surface area contributed by atoms with Crippen LogP contribution in [0.5, 0.6) is 5.88 Å². The quantitative estimate of drug-likeness (QED) is 0.869. The zero-order chi connectivity index (χ0) is 15.4. The topological polar surface area (TPSA) is 90.1 Å². The van der Waals surface area contributed by atoms with Crippen LogP contribution in [0.1, 0.15) is 35.6 Å². The minimum absolute atomic E-state index is 0.00607. The molecule has 2 aromatic rings. The van der Waals surface area contributed by atoms with E-state index in [-0.39, 0.29) is 5.69 Å². The molecule has 0 aliphatic carbocycles. The van der Waals surface area contributed by atoms with Crippen LogP contribution in [0.15, 0.2) is 18.3 Å². The van der Waals surface area contributed by atoms with Gasteiger partial charge in [0.2, 0.25) is 5.88 Å². The number of carboxylic acid groups (broad SMARTS) is 1. The number of aromatic nitrogens is 4. The maximum absolute atomic E-state index is 11.2. The second kappa shape index (κ2) is 6.34. The Kier molecular flexibility index (Phi) is 4.52. The van der Waals surface area contributed by atoms with E-state index in [1.165, 1.54) is 0 Å². The Balaban J connectivity index is 2.37. The molecule has 0 saturated heterocycles. The van der Waals surface area contributed by atoms with Gasteiger partial charge >= 0.3 is 5.97 Å². The molecule has 0 unspecified atom stereocenters. The number of rotatable bonds is 6. The molecule has 2 rings (SSSR count). The van der Waals surface area contributed by atoms with Crippen LogP contribution in [0, 0.1) is 5.92 Å². The number of methoxy groups -OCH3 is 1. The van der Waals surface area contributed by atoms with Gasteiger partial charge in [0.15, 0.2) is 5.69 Å². The number of nitrogens with zero attached hydrogens (tertiary/aromatic N) is 4. The number of carbonyl (C=O) groups is 1. The van der Waals surface area contributed by atoms with Crippen LogP contribution in [0.3, 0.4) is 0 Å². The van der Waals surface area contributed by atoms with Crippen LogP contribution < -0.4 is 4.74 Å². The second-order valence-electron chi connectivity index (χ2n) is 5.12. The van der Waals surface area contributed by atoms with E-state index < -0.39 is 5.97 Å². The minimum atomic E-state index is -1.06. The predicted molar refractivity (Wildman–Crippen MR) is 75.4 cm³/mol. The Morgan fingerprint density at radius 1 is 1.48 bits per heavy atom. The van der Waals surface area contributed by atoms with Crippen molar-refractivity contribution in [1.29, 1.82) is 0 Å². The molecule has 0 aliphatic heterocycles. The third-order valence-electron chi connectivity index (χ3n) is 3.01. The first kappa shape index (κ1) is 15.0. The Hall–Kier alpha value is -2.44. The van der Waals surface area contributed by atoms with Gasteiger partial charge in [0.25, 0.3) is 0 Å². The van der Waals surface area contributed by atoms with Gasteiger partial charge in [-0.1, -0.05) is 25.1 Å². The first-order chi connectivity index (χ1) is 10.0. The summed E-state index contributed by atoms with van der Waals surface area (Å²) in [5.74, 6) is -0.258. The van der Waals surface area contributed by atoms with Gasteiger partial charge in [0, 0.05) is 11.8 Å². The van der Waals surface area contributed by atoms with Crippen molar-refractivity contribution in [2.75, 3.05) is 7.11 Å². The summed E-state index contributed by atoms with van der Waals surface area (Å²) in [6, 6.07) is 3.67.